The lowest BCUT2D eigenvalue weighted by Gasteiger charge is -2.17. The summed E-state index contributed by atoms with van der Waals surface area (Å²) >= 11 is 0. The molecule has 0 saturated carbocycles. The molecule has 144 valence electrons. The van der Waals surface area contributed by atoms with Gasteiger partial charge in [0, 0.05) is 20.0 Å². The second kappa shape index (κ2) is 8.64. The van der Waals surface area contributed by atoms with Crippen LogP contribution in [0.2, 0.25) is 0 Å². The first-order chi connectivity index (χ1) is 12.2. The number of hydrogen-bond acceptors (Lipinski definition) is 4. The zero-order chi connectivity index (χ0) is 19.3. The van der Waals surface area contributed by atoms with E-state index in [1.165, 1.54) is 13.0 Å². The highest BCUT2D eigenvalue weighted by Crippen LogP contribution is 2.21. The highest BCUT2D eigenvalue weighted by atomic mass is 32.2. The third-order valence-corrected chi connectivity index (χ3v) is 6.15. The van der Waals surface area contributed by atoms with Crippen molar-refractivity contribution in [2.24, 2.45) is 0 Å². The zero-order valence-corrected chi connectivity index (χ0v) is 16.0. The van der Waals surface area contributed by atoms with Crippen LogP contribution >= 0.6 is 0 Å². The lowest BCUT2D eigenvalue weighted by Crippen LogP contribution is -2.40. The number of amides is 1. The number of fused-ring (bicyclic) bond motifs is 1. The Hall–Kier alpha value is -1.93. The molecule has 1 aromatic carbocycles. The number of carboxylic acid groups (broad SMARTS) is 1. The zero-order valence-electron chi connectivity index (χ0n) is 15.2. The van der Waals surface area contributed by atoms with Gasteiger partial charge in [-0.05, 0) is 42.5 Å². The number of carbonyl (C=O) groups is 2. The summed E-state index contributed by atoms with van der Waals surface area (Å²) in [5.41, 5.74) is 1.91. The number of rotatable bonds is 7. The Balaban J connectivity index is 2.21. The van der Waals surface area contributed by atoms with E-state index in [0.29, 0.717) is 32.4 Å². The first-order valence-corrected chi connectivity index (χ1v) is 10.4. The summed E-state index contributed by atoms with van der Waals surface area (Å²) in [6.07, 6.45) is 2.93. The lowest BCUT2D eigenvalue weighted by molar-refractivity contribution is -0.139. The molecular weight excluding hydrogens is 356 g/mol. The fraction of sp³-hybridized carbons (Fsp3) is 0.556. The van der Waals surface area contributed by atoms with Gasteiger partial charge in [-0.1, -0.05) is 25.8 Å². The van der Waals surface area contributed by atoms with Crippen molar-refractivity contribution in [1.29, 1.82) is 0 Å². The standard InChI is InChI=1S/C18H26N2O5S/c1-3-4-5-17(18(22)23)19-26(24,25)16-7-6-14-8-10-20(13(2)21)11-9-15(14)12-16/h6-7,12,17,19H,3-5,8-11H2,1-2H3,(H,22,23)/t17-/m0/s1. The fourth-order valence-electron chi connectivity index (χ4n) is 3.08. The van der Waals surface area contributed by atoms with Gasteiger partial charge < -0.3 is 10.0 Å². The molecule has 1 aliphatic rings. The molecule has 1 heterocycles. The van der Waals surface area contributed by atoms with Crippen molar-refractivity contribution in [3.8, 4) is 0 Å². The second-order valence-corrected chi connectivity index (χ2v) is 8.30. The molecule has 1 aliphatic heterocycles. The molecule has 2 N–H and O–H groups in total. The van der Waals surface area contributed by atoms with Gasteiger partial charge in [0.2, 0.25) is 15.9 Å². The summed E-state index contributed by atoms with van der Waals surface area (Å²) in [7, 11) is -3.92. The van der Waals surface area contributed by atoms with Gasteiger partial charge in [-0.2, -0.15) is 4.72 Å². The third kappa shape index (κ3) is 5.04. The van der Waals surface area contributed by atoms with E-state index < -0.39 is 22.0 Å². The van der Waals surface area contributed by atoms with Crippen LogP contribution in [0, 0.1) is 0 Å². The first-order valence-electron chi connectivity index (χ1n) is 8.87. The van der Waals surface area contributed by atoms with Crippen LogP contribution < -0.4 is 4.72 Å². The van der Waals surface area contributed by atoms with Gasteiger partial charge in [0.1, 0.15) is 6.04 Å². The molecule has 0 aliphatic carbocycles. The molecule has 0 fully saturated rings. The largest absolute Gasteiger partial charge is 0.480 e. The summed E-state index contributed by atoms with van der Waals surface area (Å²) < 4.78 is 27.5. The molecule has 0 bridgehead atoms. The number of nitrogens with zero attached hydrogens (tertiary/aromatic N) is 1. The number of hydrogen-bond donors (Lipinski definition) is 2. The minimum atomic E-state index is -3.92. The first kappa shape index (κ1) is 20.4. The number of carbonyl (C=O) groups excluding carboxylic acids is 1. The van der Waals surface area contributed by atoms with E-state index in [9.17, 15) is 23.1 Å². The molecule has 1 aromatic rings. The Morgan fingerprint density at radius 1 is 1.23 bits per heavy atom. The third-order valence-electron chi connectivity index (χ3n) is 4.68. The number of aliphatic carboxylic acids is 1. The van der Waals surface area contributed by atoms with E-state index in [4.69, 9.17) is 0 Å². The summed E-state index contributed by atoms with van der Waals surface area (Å²) in [4.78, 5) is 24.7. The maximum Gasteiger partial charge on any atom is 0.321 e. The lowest BCUT2D eigenvalue weighted by atomic mass is 10.0. The molecular formula is C18H26N2O5S. The molecule has 0 unspecified atom stereocenters. The SMILES string of the molecule is CCCC[C@H](NS(=O)(=O)c1ccc2c(c1)CCN(C(C)=O)CC2)C(=O)O. The molecule has 8 heteroatoms. The van der Waals surface area contributed by atoms with E-state index in [2.05, 4.69) is 4.72 Å². The van der Waals surface area contributed by atoms with Gasteiger partial charge in [-0.15, -0.1) is 0 Å². The van der Waals surface area contributed by atoms with Crippen molar-refractivity contribution >= 4 is 21.9 Å². The maximum absolute atomic E-state index is 12.6. The van der Waals surface area contributed by atoms with Crippen LogP contribution in [-0.2, 0) is 32.5 Å². The fourth-order valence-corrected chi connectivity index (χ4v) is 4.35. The highest BCUT2D eigenvalue weighted by Gasteiger charge is 2.26. The quantitative estimate of drug-likeness (QED) is 0.745. The van der Waals surface area contributed by atoms with Crippen LogP contribution in [-0.4, -0.2) is 49.4 Å². The molecule has 7 nitrogen and oxygen atoms in total. The Morgan fingerprint density at radius 3 is 2.46 bits per heavy atom. The summed E-state index contributed by atoms with van der Waals surface area (Å²) in [6.45, 7) is 4.61. The normalized spacial score (nSPS) is 15.8. The number of carboxylic acids is 1. The monoisotopic (exact) mass is 382 g/mol. The predicted octanol–water partition coefficient (Wildman–Crippen LogP) is 1.56. The number of nitrogens with one attached hydrogen (secondary N) is 1. The van der Waals surface area contributed by atoms with Crippen LogP contribution in [0.1, 0.15) is 44.2 Å². The van der Waals surface area contributed by atoms with E-state index in [0.717, 1.165) is 17.5 Å². The van der Waals surface area contributed by atoms with Crippen LogP contribution in [0.15, 0.2) is 23.1 Å². The van der Waals surface area contributed by atoms with Crippen molar-refractivity contribution in [3.05, 3.63) is 29.3 Å². The Morgan fingerprint density at radius 2 is 1.88 bits per heavy atom. The van der Waals surface area contributed by atoms with Crippen molar-refractivity contribution in [2.45, 2.75) is 56.9 Å². The van der Waals surface area contributed by atoms with Gasteiger partial charge in [-0.25, -0.2) is 8.42 Å². The van der Waals surface area contributed by atoms with Gasteiger partial charge in [-0.3, -0.25) is 9.59 Å². The van der Waals surface area contributed by atoms with Crippen LogP contribution in [0.4, 0.5) is 0 Å². The summed E-state index contributed by atoms with van der Waals surface area (Å²) in [5.74, 6) is -1.17. The Labute approximate surface area is 154 Å². The average molecular weight is 382 g/mol. The molecule has 0 radical (unpaired) electrons. The van der Waals surface area contributed by atoms with Crippen molar-refractivity contribution in [1.82, 2.24) is 9.62 Å². The Kier molecular flexibility index (Phi) is 6.77. The summed E-state index contributed by atoms with van der Waals surface area (Å²) in [5, 5.41) is 9.26. The minimum Gasteiger partial charge on any atom is -0.480 e. The average Bonchev–Trinajstić information content (AvgIpc) is 2.80. The topological polar surface area (TPSA) is 104 Å². The maximum atomic E-state index is 12.6. The van der Waals surface area contributed by atoms with Crippen molar-refractivity contribution < 1.29 is 23.1 Å². The van der Waals surface area contributed by atoms with Gasteiger partial charge in [0.15, 0.2) is 0 Å². The molecule has 26 heavy (non-hydrogen) atoms. The van der Waals surface area contributed by atoms with Crippen LogP contribution in [0.25, 0.3) is 0 Å². The van der Waals surface area contributed by atoms with E-state index in [-0.39, 0.29) is 17.2 Å². The van der Waals surface area contributed by atoms with Crippen LogP contribution in [0.3, 0.4) is 0 Å². The highest BCUT2D eigenvalue weighted by molar-refractivity contribution is 7.89. The molecule has 0 saturated heterocycles. The molecule has 2 rings (SSSR count). The van der Waals surface area contributed by atoms with Gasteiger partial charge >= 0.3 is 5.97 Å². The van der Waals surface area contributed by atoms with E-state index in [1.807, 2.05) is 6.92 Å². The smallest absolute Gasteiger partial charge is 0.321 e. The molecule has 0 aromatic heterocycles. The minimum absolute atomic E-state index is 0.00698. The second-order valence-electron chi connectivity index (χ2n) is 6.59. The number of benzene rings is 1. The van der Waals surface area contributed by atoms with Gasteiger partial charge in [0.25, 0.3) is 0 Å². The van der Waals surface area contributed by atoms with Crippen molar-refractivity contribution in [2.75, 3.05) is 13.1 Å². The molecule has 0 spiro atoms. The van der Waals surface area contributed by atoms with Gasteiger partial charge in [0.05, 0.1) is 4.90 Å². The molecule has 1 atom stereocenters. The van der Waals surface area contributed by atoms with E-state index in [1.54, 1.807) is 17.0 Å². The number of sulfonamides is 1. The predicted molar refractivity (Wildman–Crippen MR) is 97.4 cm³/mol. The van der Waals surface area contributed by atoms with E-state index >= 15 is 0 Å². The van der Waals surface area contributed by atoms with Crippen LogP contribution in [0.5, 0.6) is 0 Å². The van der Waals surface area contributed by atoms with Crippen molar-refractivity contribution in [3.63, 3.8) is 0 Å². The Bertz CT molecular complexity index is 776. The number of unbranched alkanes of at least 4 members (excludes halogenated alkanes) is 1. The summed E-state index contributed by atoms with van der Waals surface area (Å²) in [6, 6.07) is 3.73. The molecule has 1 amide bonds.